The highest BCUT2D eigenvalue weighted by Crippen LogP contribution is 2.25. The molecule has 1 atom stereocenters. The molecule has 1 saturated carbocycles. The molecule has 1 aliphatic carbocycles. The van der Waals surface area contributed by atoms with Gasteiger partial charge in [0.1, 0.15) is 0 Å². The summed E-state index contributed by atoms with van der Waals surface area (Å²) in [6, 6.07) is 0. The van der Waals surface area contributed by atoms with Crippen molar-refractivity contribution < 1.29 is 0 Å². The molecule has 0 aromatic carbocycles. The van der Waals surface area contributed by atoms with Gasteiger partial charge in [0.2, 0.25) is 0 Å². The van der Waals surface area contributed by atoms with Crippen LogP contribution in [0.1, 0.15) is 32.6 Å². The fourth-order valence-corrected chi connectivity index (χ4v) is 2.49. The first kappa shape index (κ1) is 11.5. The molecule has 0 aliphatic heterocycles. The summed E-state index contributed by atoms with van der Waals surface area (Å²) in [6.45, 7) is 4.86. The fourth-order valence-electron chi connectivity index (χ4n) is 2.29. The maximum atomic E-state index is 3.53. The lowest BCUT2D eigenvalue weighted by Gasteiger charge is -2.23. The van der Waals surface area contributed by atoms with Crippen LogP contribution in [0.2, 0.25) is 0 Å². The molecule has 1 unspecified atom stereocenters. The summed E-state index contributed by atoms with van der Waals surface area (Å²) in [6.07, 6.45) is 5.86. The van der Waals surface area contributed by atoms with E-state index in [0.717, 1.165) is 17.2 Å². The van der Waals surface area contributed by atoms with Gasteiger partial charge in [0.25, 0.3) is 0 Å². The first-order chi connectivity index (χ1) is 6.22. The van der Waals surface area contributed by atoms with Crippen molar-refractivity contribution in [2.24, 2.45) is 11.8 Å². The average molecular weight is 248 g/mol. The second kappa shape index (κ2) is 6.02. The number of halogens is 1. The molecule has 0 aromatic heterocycles. The van der Waals surface area contributed by atoms with Gasteiger partial charge in [0.05, 0.1) is 0 Å². The topological polar surface area (TPSA) is 3.24 Å². The Morgan fingerprint density at radius 3 is 2.54 bits per heavy atom. The molecule has 1 fully saturated rings. The highest BCUT2D eigenvalue weighted by molar-refractivity contribution is 9.09. The Bertz CT molecular complexity index is 132. The third-order valence-corrected chi connectivity index (χ3v) is 4.04. The number of rotatable bonds is 5. The van der Waals surface area contributed by atoms with Crippen molar-refractivity contribution in [2.45, 2.75) is 32.6 Å². The Labute approximate surface area is 91.0 Å². The van der Waals surface area contributed by atoms with Crippen LogP contribution in [0.5, 0.6) is 0 Å². The molecule has 1 nitrogen and oxygen atoms in total. The van der Waals surface area contributed by atoms with Gasteiger partial charge in [-0.2, -0.15) is 0 Å². The molecule has 2 heteroatoms. The molecule has 0 amide bonds. The number of hydrogen-bond acceptors (Lipinski definition) is 1. The van der Waals surface area contributed by atoms with Gasteiger partial charge in [-0.05, 0) is 31.7 Å². The quantitative estimate of drug-likeness (QED) is 0.675. The van der Waals surface area contributed by atoms with Gasteiger partial charge in [0, 0.05) is 18.4 Å². The maximum absolute atomic E-state index is 3.53. The van der Waals surface area contributed by atoms with Crippen molar-refractivity contribution in [2.75, 3.05) is 25.5 Å². The van der Waals surface area contributed by atoms with Crippen molar-refractivity contribution >= 4 is 15.9 Å². The molecule has 0 heterocycles. The Balaban J connectivity index is 2.12. The van der Waals surface area contributed by atoms with Crippen LogP contribution in [0.25, 0.3) is 0 Å². The number of alkyl halides is 1. The smallest absolute Gasteiger partial charge is 0.00692 e. The highest BCUT2D eigenvalue weighted by atomic mass is 79.9. The Hall–Kier alpha value is 0.440. The van der Waals surface area contributed by atoms with E-state index >= 15 is 0 Å². The number of hydrogen-bond donors (Lipinski definition) is 0. The van der Waals surface area contributed by atoms with E-state index in [-0.39, 0.29) is 0 Å². The van der Waals surface area contributed by atoms with E-state index in [0.29, 0.717) is 0 Å². The van der Waals surface area contributed by atoms with E-state index in [9.17, 15) is 0 Å². The minimum Gasteiger partial charge on any atom is -0.306 e. The molecule has 0 aromatic rings. The summed E-state index contributed by atoms with van der Waals surface area (Å²) in [5, 5.41) is 1.13. The molecule has 1 rings (SSSR count). The first-order valence-corrected chi connectivity index (χ1v) is 6.59. The summed E-state index contributed by atoms with van der Waals surface area (Å²) in [5.41, 5.74) is 0. The first-order valence-electron chi connectivity index (χ1n) is 5.47. The Morgan fingerprint density at radius 1 is 1.38 bits per heavy atom. The zero-order chi connectivity index (χ0) is 9.68. The summed E-state index contributed by atoms with van der Waals surface area (Å²) in [5.74, 6) is 1.78. The predicted octanol–water partition coefficient (Wildman–Crippen LogP) is 3.14. The van der Waals surface area contributed by atoms with E-state index in [1.54, 1.807) is 0 Å². The lowest BCUT2D eigenvalue weighted by atomic mass is 10.1. The van der Waals surface area contributed by atoms with Crippen molar-refractivity contribution in [1.29, 1.82) is 0 Å². The average Bonchev–Trinajstić information content (AvgIpc) is 2.56. The van der Waals surface area contributed by atoms with Crippen LogP contribution in [0.15, 0.2) is 0 Å². The van der Waals surface area contributed by atoms with Gasteiger partial charge >= 0.3 is 0 Å². The SMILES string of the molecule is CC(CBr)CN(C)CC1CCCC1. The van der Waals surface area contributed by atoms with Crippen molar-refractivity contribution in [3.63, 3.8) is 0 Å². The van der Waals surface area contributed by atoms with Crippen molar-refractivity contribution in [3.8, 4) is 0 Å². The largest absolute Gasteiger partial charge is 0.306 e. The molecular formula is C11H22BrN. The van der Waals surface area contributed by atoms with Crippen LogP contribution in [-0.2, 0) is 0 Å². The van der Waals surface area contributed by atoms with E-state index in [2.05, 4.69) is 34.8 Å². The Kier molecular flexibility index (Phi) is 5.34. The van der Waals surface area contributed by atoms with Crippen LogP contribution in [0.3, 0.4) is 0 Å². The third kappa shape index (κ3) is 4.46. The highest BCUT2D eigenvalue weighted by Gasteiger charge is 2.17. The van der Waals surface area contributed by atoms with Crippen LogP contribution in [-0.4, -0.2) is 30.4 Å². The molecule has 0 bridgehead atoms. The second-order valence-corrected chi connectivity index (χ2v) is 5.28. The van der Waals surface area contributed by atoms with Gasteiger partial charge < -0.3 is 4.90 Å². The van der Waals surface area contributed by atoms with Crippen LogP contribution >= 0.6 is 15.9 Å². The lowest BCUT2D eigenvalue weighted by molar-refractivity contribution is 0.253. The zero-order valence-electron chi connectivity index (χ0n) is 8.93. The van der Waals surface area contributed by atoms with E-state index in [1.165, 1.54) is 38.8 Å². The van der Waals surface area contributed by atoms with Crippen LogP contribution < -0.4 is 0 Å². The van der Waals surface area contributed by atoms with E-state index < -0.39 is 0 Å². The molecule has 0 N–H and O–H groups in total. The second-order valence-electron chi connectivity index (χ2n) is 4.63. The molecule has 0 saturated heterocycles. The molecule has 78 valence electrons. The molecular weight excluding hydrogens is 226 g/mol. The Morgan fingerprint density at radius 2 is 2.00 bits per heavy atom. The fraction of sp³-hybridized carbons (Fsp3) is 1.00. The van der Waals surface area contributed by atoms with Gasteiger partial charge in [-0.1, -0.05) is 35.7 Å². The van der Waals surface area contributed by atoms with E-state index in [1.807, 2.05) is 0 Å². The van der Waals surface area contributed by atoms with Crippen LogP contribution in [0, 0.1) is 11.8 Å². The normalized spacial score (nSPS) is 21.2. The van der Waals surface area contributed by atoms with Gasteiger partial charge in [0.15, 0.2) is 0 Å². The van der Waals surface area contributed by atoms with Gasteiger partial charge in [-0.25, -0.2) is 0 Å². The monoisotopic (exact) mass is 247 g/mol. The molecule has 13 heavy (non-hydrogen) atoms. The lowest BCUT2D eigenvalue weighted by Crippen LogP contribution is -2.29. The maximum Gasteiger partial charge on any atom is 0.00692 e. The summed E-state index contributed by atoms with van der Waals surface area (Å²) in [4.78, 5) is 2.50. The minimum atomic E-state index is 0.784. The summed E-state index contributed by atoms with van der Waals surface area (Å²) >= 11 is 3.53. The molecule has 0 radical (unpaired) electrons. The van der Waals surface area contributed by atoms with Gasteiger partial charge in [-0.3, -0.25) is 0 Å². The summed E-state index contributed by atoms with van der Waals surface area (Å²) in [7, 11) is 2.26. The predicted molar refractivity (Wildman–Crippen MR) is 62.4 cm³/mol. The minimum absolute atomic E-state index is 0.784. The standard InChI is InChI=1S/C11H22BrN/c1-10(7-12)8-13(2)9-11-5-3-4-6-11/h10-11H,3-9H2,1-2H3. The van der Waals surface area contributed by atoms with Crippen molar-refractivity contribution in [3.05, 3.63) is 0 Å². The zero-order valence-corrected chi connectivity index (χ0v) is 10.5. The van der Waals surface area contributed by atoms with E-state index in [4.69, 9.17) is 0 Å². The molecule has 1 aliphatic rings. The van der Waals surface area contributed by atoms with Crippen molar-refractivity contribution in [1.82, 2.24) is 4.90 Å². The van der Waals surface area contributed by atoms with Gasteiger partial charge in [-0.15, -0.1) is 0 Å². The van der Waals surface area contributed by atoms with Crippen LogP contribution in [0.4, 0.5) is 0 Å². The third-order valence-electron chi connectivity index (χ3n) is 2.93. The summed E-state index contributed by atoms with van der Waals surface area (Å²) < 4.78 is 0. The number of nitrogens with zero attached hydrogens (tertiary/aromatic N) is 1. The molecule has 0 spiro atoms.